The zero-order valence-electron chi connectivity index (χ0n) is 22.0. The molecule has 3 aromatic rings. The lowest BCUT2D eigenvalue weighted by atomic mass is 10.1. The number of nitrogens with zero attached hydrogens (tertiary/aromatic N) is 3. The van der Waals surface area contributed by atoms with Crippen molar-refractivity contribution >= 4 is 33.5 Å². The van der Waals surface area contributed by atoms with Crippen molar-refractivity contribution in [3.63, 3.8) is 0 Å². The third kappa shape index (κ3) is 6.82. The van der Waals surface area contributed by atoms with E-state index in [-0.39, 0.29) is 27.8 Å². The third-order valence-corrected chi connectivity index (χ3v) is 7.30. The number of methoxy groups -OCH3 is 3. The number of benzene rings is 3. The van der Waals surface area contributed by atoms with E-state index in [1.807, 2.05) is 19.9 Å². The highest BCUT2D eigenvalue weighted by Crippen LogP contribution is 2.33. The molecule has 0 radical (unpaired) electrons. The molecule has 0 aliphatic carbocycles. The second-order valence-electron chi connectivity index (χ2n) is 8.36. The first-order valence-electron chi connectivity index (χ1n) is 11.5. The third-order valence-electron chi connectivity index (χ3n) is 5.53. The molecule has 0 bridgehead atoms. The fourth-order valence-electron chi connectivity index (χ4n) is 3.79. The Kier molecular flexibility index (Phi) is 9.09. The summed E-state index contributed by atoms with van der Waals surface area (Å²) in [6.07, 6.45) is 1.20. The molecule has 39 heavy (non-hydrogen) atoms. The summed E-state index contributed by atoms with van der Waals surface area (Å²) in [5.41, 5.74) is 4.23. The number of anilines is 1. The molecule has 3 aromatic carbocycles. The van der Waals surface area contributed by atoms with Crippen LogP contribution in [-0.2, 0) is 14.8 Å². The molecule has 0 saturated carbocycles. The molecular weight excluding hydrogens is 528 g/mol. The Hall–Kier alpha value is -4.65. The van der Waals surface area contributed by atoms with Gasteiger partial charge in [-0.1, -0.05) is 6.07 Å². The van der Waals surface area contributed by atoms with E-state index in [1.54, 1.807) is 12.1 Å². The number of nitro groups is 1. The van der Waals surface area contributed by atoms with Gasteiger partial charge in [-0.15, -0.1) is 0 Å². The summed E-state index contributed by atoms with van der Waals surface area (Å²) in [4.78, 5) is 23.4. The largest absolute Gasteiger partial charge is 0.493 e. The maximum Gasteiger partial charge on any atom is 0.311 e. The smallest absolute Gasteiger partial charge is 0.311 e. The van der Waals surface area contributed by atoms with Crippen LogP contribution in [0.1, 0.15) is 16.7 Å². The van der Waals surface area contributed by atoms with E-state index in [0.717, 1.165) is 15.4 Å². The van der Waals surface area contributed by atoms with Crippen molar-refractivity contribution in [2.24, 2.45) is 5.10 Å². The Morgan fingerprint density at radius 3 is 2.15 bits per heavy atom. The molecule has 0 aliphatic heterocycles. The van der Waals surface area contributed by atoms with Gasteiger partial charge in [-0.3, -0.25) is 19.2 Å². The number of nitrogens with one attached hydrogen (secondary N) is 1. The van der Waals surface area contributed by atoms with Crippen molar-refractivity contribution in [3.8, 4) is 17.2 Å². The van der Waals surface area contributed by atoms with Crippen molar-refractivity contribution < 1.29 is 32.3 Å². The predicted octanol–water partition coefficient (Wildman–Crippen LogP) is 3.58. The zero-order chi connectivity index (χ0) is 28.7. The Morgan fingerprint density at radius 2 is 1.56 bits per heavy atom. The first kappa shape index (κ1) is 28.9. The summed E-state index contributed by atoms with van der Waals surface area (Å²) < 4.78 is 43.9. The maximum absolute atomic E-state index is 13.8. The first-order valence-corrected chi connectivity index (χ1v) is 12.9. The molecule has 0 atom stereocenters. The van der Waals surface area contributed by atoms with Gasteiger partial charge in [0.05, 0.1) is 43.1 Å². The van der Waals surface area contributed by atoms with Crippen molar-refractivity contribution in [3.05, 3.63) is 81.4 Å². The van der Waals surface area contributed by atoms with Crippen molar-refractivity contribution in [2.75, 3.05) is 32.2 Å². The van der Waals surface area contributed by atoms with E-state index in [1.165, 1.54) is 63.9 Å². The SMILES string of the molecule is COc1ccc(S(=O)(=O)N(CC(=O)N/N=C\c2ccc(OC)c([N+](=O)[O-])c2)c2cc(C)cc(C)c2)cc1OC. The molecule has 12 nitrogen and oxygen atoms in total. The van der Waals surface area contributed by atoms with E-state index in [4.69, 9.17) is 14.2 Å². The standard InChI is InChI=1S/C26H28N4O8S/c1-17-10-18(2)12-20(11-17)29(39(34,35)21-7-9-24(37-4)25(14-21)38-5)16-26(31)28-27-15-19-6-8-23(36-3)22(13-19)30(32)33/h6-15H,16H2,1-5H3,(H,28,31)/b27-15-. The number of nitro benzene ring substituents is 1. The minimum Gasteiger partial charge on any atom is -0.493 e. The molecule has 0 saturated heterocycles. The molecule has 1 amide bonds. The van der Waals surface area contributed by atoms with Crippen molar-refractivity contribution in [1.29, 1.82) is 0 Å². The number of sulfonamides is 1. The number of rotatable bonds is 11. The number of ether oxygens (including phenoxy) is 3. The van der Waals surface area contributed by atoms with Crippen molar-refractivity contribution in [1.82, 2.24) is 5.43 Å². The number of carbonyl (C=O) groups is 1. The summed E-state index contributed by atoms with van der Waals surface area (Å²) >= 11 is 0. The van der Waals surface area contributed by atoms with Gasteiger partial charge in [0.25, 0.3) is 15.9 Å². The van der Waals surface area contributed by atoms with Gasteiger partial charge in [-0.05, 0) is 61.4 Å². The number of aryl methyl sites for hydroxylation is 2. The van der Waals surface area contributed by atoms with E-state index in [0.29, 0.717) is 11.3 Å². The molecule has 0 spiro atoms. The topological polar surface area (TPSA) is 150 Å². The Labute approximate surface area is 226 Å². The van der Waals surface area contributed by atoms with Gasteiger partial charge in [-0.25, -0.2) is 13.8 Å². The number of hydrazone groups is 1. The fourth-order valence-corrected chi connectivity index (χ4v) is 5.21. The average Bonchev–Trinajstić information content (AvgIpc) is 2.90. The van der Waals surface area contributed by atoms with Gasteiger partial charge in [0.1, 0.15) is 6.54 Å². The van der Waals surface area contributed by atoms with Gasteiger partial charge in [0.2, 0.25) is 0 Å². The number of amides is 1. The van der Waals surface area contributed by atoms with E-state index in [2.05, 4.69) is 10.5 Å². The molecule has 1 N–H and O–H groups in total. The summed E-state index contributed by atoms with van der Waals surface area (Å²) in [5.74, 6) is -0.107. The van der Waals surface area contributed by atoms with Crippen LogP contribution in [0.5, 0.6) is 17.2 Å². The molecular formula is C26H28N4O8S. The maximum atomic E-state index is 13.8. The van der Waals surface area contributed by atoms with Crippen molar-refractivity contribution in [2.45, 2.75) is 18.7 Å². The molecule has 0 heterocycles. The van der Waals surface area contributed by atoms with Crippen LogP contribution in [-0.4, -0.2) is 53.3 Å². The summed E-state index contributed by atoms with van der Waals surface area (Å²) in [6.45, 7) is 3.03. The van der Waals surface area contributed by atoms with Crippen LogP contribution in [0.4, 0.5) is 11.4 Å². The minimum absolute atomic E-state index is 0.0747. The highest BCUT2D eigenvalue weighted by molar-refractivity contribution is 7.92. The molecule has 13 heteroatoms. The van der Waals surface area contributed by atoms with Gasteiger partial charge < -0.3 is 14.2 Å². The van der Waals surface area contributed by atoms with E-state index in [9.17, 15) is 23.3 Å². The molecule has 3 rings (SSSR count). The van der Waals surface area contributed by atoms with Crippen LogP contribution in [0.25, 0.3) is 0 Å². The van der Waals surface area contributed by atoms with Crippen LogP contribution < -0.4 is 23.9 Å². The highest BCUT2D eigenvalue weighted by atomic mass is 32.2. The van der Waals surface area contributed by atoms with Gasteiger partial charge >= 0.3 is 5.69 Å². The summed E-state index contributed by atoms with van der Waals surface area (Å²) in [7, 11) is -0.110. The second kappa shape index (κ2) is 12.3. The lowest BCUT2D eigenvalue weighted by Crippen LogP contribution is -2.39. The van der Waals surface area contributed by atoms with Crippen LogP contribution >= 0.6 is 0 Å². The summed E-state index contributed by atoms with van der Waals surface area (Å²) in [5, 5.41) is 15.1. The van der Waals surface area contributed by atoms with Crippen LogP contribution in [0.2, 0.25) is 0 Å². The van der Waals surface area contributed by atoms with Crippen LogP contribution in [0.15, 0.2) is 64.6 Å². The predicted molar refractivity (Wildman–Crippen MR) is 145 cm³/mol. The number of hydrogen-bond donors (Lipinski definition) is 1. The normalized spacial score (nSPS) is 11.2. The second-order valence-corrected chi connectivity index (χ2v) is 10.2. The monoisotopic (exact) mass is 556 g/mol. The zero-order valence-corrected chi connectivity index (χ0v) is 22.8. The minimum atomic E-state index is -4.24. The quantitative estimate of drug-likeness (QED) is 0.214. The lowest BCUT2D eigenvalue weighted by Gasteiger charge is -2.25. The average molecular weight is 557 g/mol. The van der Waals surface area contributed by atoms with E-state index >= 15 is 0 Å². The highest BCUT2D eigenvalue weighted by Gasteiger charge is 2.28. The van der Waals surface area contributed by atoms with Crippen LogP contribution in [0.3, 0.4) is 0 Å². The lowest BCUT2D eigenvalue weighted by molar-refractivity contribution is -0.385. The number of carbonyl (C=O) groups excluding carboxylic acids is 1. The van der Waals surface area contributed by atoms with Gasteiger partial charge in [-0.2, -0.15) is 5.10 Å². The Balaban J connectivity index is 1.92. The molecule has 0 unspecified atom stereocenters. The fraction of sp³-hybridized carbons (Fsp3) is 0.231. The van der Waals surface area contributed by atoms with Gasteiger partial charge in [0, 0.05) is 17.7 Å². The first-order chi connectivity index (χ1) is 18.5. The molecule has 0 fully saturated rings. The Bertz CT molecular complexity index is 1500. The molecule has 0 aliphatic rings. The summed E-state index contributed by atoms with van der Waals surface area (Å²) in [6, 6.07) is 13.5. The van der Waals surface area contributed by atoms with Gasteiger partial charge in [0.15, 0.2) is 17.2 Å². The molecule has 206 valence electrons. The van der Waals surface area contributed by atoms with Crippen LogP contribution in [0, 0.1) is 24.0 Å². The molecule has 0 aromatic heterocycles. The number of hydrogen-bond acceptors (Lipinski definition) is 9. The van der Waals surface area contributed by atoms with E-state index < -0.39 is 27.4 Å². The Morgan fingerprint density at radius 1 is 0.949 bits per heavy atom.